The van der Waals surface area contributed by atoms with Crippen molar-refractivity contribution in [2.24, 2.45) is 5.41 Å². The Morgan fingerprint density at radius 3 is 2.74 bits per heavy atom. The predicted molar refractivity (Wildman–Crippen MR) is 80.5 cm³/mol. The van der Waals surface area contributed by atoms with Crippen LogP contribution >= 0.6 is 0 Å². The highest BCUT2D eigenvalue weighted by atomic mass is 15.2. The van der Waals surface area contributed by atoms with Gasteiger partial charge < -0.3 is 10.2 Å². The van der Waals surface area contributed by atoms with E-state index in [-0.39, 0.29) is 0 Å². The fourth-order valence-electron chi connectivity index (χ4n) is 4.52. The van der Waals surface area contributed by atoms with E-state index < -0.39 is 0 Å². The molecule has 0 amide bonds. The van der Waals surface area contributed by atoms with E-state index >= 15 is 0 Å². The first kappa shape index (κ1) is 13.8. The Hall–Kier alpha value is -0.120. The van der Waals surface area contributed by atoms with Gasteiger partial charge in [0.2, 0.25) is 0 Å². The van der Waals surface area contributed by atoms with Crippen LogP contribution in [0.4, 0.5) is 0 Å². The Kier molecular flexibility index (Phi) is 4.45. The van der Waals surface area contributed by atoms with Crippen LogP contribution in [-0.4, -0.2) is 62.2 Å². The number of hydrogen-bond donors (Lipinski definition) is 1. The molecule has 3 saturated heterocycles. The lowest BCUT2D eigenvalue weighted by molar-refractivity contribution is 0.0332. The zero-order chi connectivity index (χ0) is 13.1. The summed E-state index contributed by atoms with van der Waals surface area (Å²) in [5.41, 5.74) is 0.620. The van der Waals surface area contributed by atoms with Gasteiger partial charge in [-0.1, -0.05) is 0 Å². The molecule has 0 aliphatic carbocycles. The summed E-state index contributed by atoms with van der Waals surface area (Å²) in [5.74, 6) is 0. The maximum atomic E-state index is 3.65. The lowest BCUT2D eigenvalue weighted by atomic mass is 9.74. The van der Waals surface area contributed by atoms with Crippen LogP contribution in [0.3, 0.4) is 0 Å². The van der Waals surface area contributed by atoms with Crippen molar-refractivity contribution in [3.63, 3.8) is 0 Å². The number of piperidine rings is 2. The van der Waals surface area contributed by atoms with E-state index in [4.69, 9.17) is 0 Å². The molecule has 0 aromatic carbocycles. The monoisotopic (exact) mass is 265 g/mol. The first-order valence-electron chi connectivity index (χ1n) is 8.41. The summed E-state index contributed by atoms with van der Waals surface area (Å²) < 4.78 is 0. The van der Waals surface area contributed by atoms with Gasteiger partial charge in [0.15, 0.2) is 0 Å². The molecule has 0 saturated carbocycles. The van der Waals surface area contributed by atoms with E-state index in [9.17, 15) is 0 Å². The first-order valence-corrected chi connectivity index (χ1v) is 8.41. The van der Waals surface area contributed by atoms with E-state index in [1.165, 1.54) is 84.2 Å². The third-order valence-corrected chi connectivity index (χ3v) is 5.69. The normalized spacial score (nSPS) is 39.3. The van der Waals surface area contributed by atoms with Crippen molar-refractivity contribution in [3.05, 3.63) is 0 Å². The summed E-state index contributed by atoms with van der Waals surface area (Å²) in [6.45, 7) is 7.85. The fraction of sp³-hybridized carbons (Fsp3) is 1.00. The molecule has 2 unspecified atom stereocenters. The maximum Gasteiger partial charge on any atom is 0.0108 e. The minimum atomic E-state index is 0.620. The van der Waals surface area contributed by atoms with Crippen molar-refractivity contribution >= 4 is 0 Å². The molecule has 0 radical (unpaired) electrons. The van der Waals surface area contributed by atoms with Crippen molar-refractivity contribution in [2.75, 3.05) is 46.3 Å². The first-order chi connectivity index (χ1) is 9.27. The Balaban J connectivity index is 1.60. The third kappa shape index (κ3) is 3.32. The van der Waals surface area contributed by atoms with Gasteiger partial charge in [-0.3, -0.25) is 4.90 Å². The predicted octanol–water partition coefficient (Wildman–Crippen LogP) is 1.94. The second kappa shape index (κ2) is 6.11. The van der Waals surface area contributed by atoms with Crippen LogP contribution in [0.2, 0.25) is 0 Å². The molecule has 19 heavy (non-hydrogen) atoms. The van der Waals surface area contributed by atoms with E-state index in [2.05, 4.69) is 22.2 Å². The fourth-order valence-corrected chi connectivity index (χ4v) is 4.52. The Morgan fingerprint density at radius 2 is 1.89 bits per heavy atom. The Labute approximate surface area is 118 Å². The van der Waals surface area contributed by atoms with Gasteiger partial charge in [-0.15, -0.1) is 0 Å². The molecule has 110 valence electrons. The standard InChI is InChI=1S/C16H31N3/c1-18-10-2-5-15(6-12-18)19-11-4-8-16(14-19)7-3-9-17-13-16/h15,17H,2-14H2,1H3. The minimum Gasteiger partial charge on any atom is -0.316 e. The SMILES string of the molecule is CN1CCCC(N2CCCC3(CCCNC3)C2)CC1. The van der Waals surface area contributed by atoms with Crippen LogP contribution in [0, 0.1) is 5.41 Å². The molecule has 0 aromatic rings. The molecule has 3 aliphatic heterocycles. The zero-order valence-electron chi connectivity index (χ0n) is 12.7. The second-order valence-corrected chi connectivity index (χ2v) is 7.24. The molecule has 3 rings (SSSR count). The molecular formula is C16H31N3. The lowest BCUT2D eigenvalue weighted by Crippen LogP contribution is -2.53. The number of likely N-dealkylation sites (tertiary alicyclic amines) is 2. The van der Waals surface area contributed by atoms with Crippen LogP contribution in [0.5, 0.6) is 0 Å². The van der Waals surface area contributed by atoms with Crippen molar-refractivity contribution in [1.29, 1.82) is 0 Å². The highest BCUT2D eigenvalue weighted by Crippen LogP contribution is 2.37. The topological polar surface area (TPSA) is 18.5 Å². The molecule has 0 bridgehead atoms. The summed E-state index contributed by atoms with van der Waals surface area (Å²) in [5, 5.41) is 3.65. The van der Waals surface area contributed by atoms with E-state index in [0.717, 1.165) is 6.04 Å². The summed E-state index contributed by atoms with van der Waals surface area (Å²) in [6.07, 6.45) is 9.94. The van der Waals surface area contributed by atoms with Crippen molar-refractivity contribution in [1.82, 2.24) is 15.1 Å². The van der Waals surface area contributed by atoms with Crippen molar-refractivity contribution < 1.29 is 0 Å². The van der Waals surface area contributed by atoms with Gasteiger partial charge in [0, 0.05) is 19.1 Å². The van der Waals surface area contributed by atoms with Crippen LogP contribution in [0.1, 0.15) is 44.9 Å². The molecule has 3 fully saturated rings. The van der Waals surface area contributed by atoms with Crippen LogP contribution < -0.4 is 5.32 Å². The summed E-state index contributed by atoms with van der Waals surface area (Å²) in [7, 11) is 2.28. The molecule has 2 atom stereocenters. The van der Waals surface area contributed by atoms with Gasteiger partial charge in [-0.25, -0.2) is 0 Å². The lowest BCUT2D eigenvalue weighted by Gasteiger charge is -2.48. The van der Waals surface area contributed by atoms with Crippen LogP contribution in [0.15, 0.2) is 0 Å². The average molecular weight is 265 g/mol. The van der Waals surface area contributed by atoms with Gasteiger partial charge in [-0.05, 0) is 83.6 Å². The van der Waals surface area contributed by atoms with Gasteiger partial charge in [0.25, 0.3) is 0 Å². The van der Waals surface area contributed by atoms with Gasteiger partial charge in [0.1, 0.15) is 0 Å². The molecule has 1 N–H and O–H groups in total. The minimum absolute atomic E-state index is 0.620. The van der Waals surface area contributed by atoms with Crippen molar-refractivity contribution in [3.8, 4) is 0 Å². The molecule has 3 aliphatic rings. The number of rotatable bonds is 1. The third-order valence-electron chi connectivity index (χ3n) is 5.69. The van der Waals surface area contributed by atoms with Gasteiger partial charge in [-0.2, -0.15) is 0 Å². The molecule has 0 aromatic heterocycles. The van der Waals surface area contributed by atoms with Crippen LogP contribution in [-0.2, 0) is 0 Å². The summed E-state index contributed by atoms with van der Waals surface area (Å²) >= 11 is 0. The number of hydrogen-bond acceptors (Lipinski definition) is 3. The maximum absolute atomic E-state index is 3.65. The summed E-state index contributed by atoms with van der Waals surface area (Å²) in [6, 6.07) is 0.865. The molecule has 3 heteroatoms. The molecule has 1 spiro atoms. The van der Waals surface area contributed by atoms with E-state index in [1.807, 2.05) is 0 Å². The quantitative estimate of drug-likeness (QED) is 0.781. The van der Waals surface area contributed by atoms with Crippen LogP contribution in [0.25, 0.3) is 0 Å². The van der Waals surface area contributed by atoms with E-state index in [1.54, 1.807) is 0 Å². The average Bonchev–Trinajstić information content (AvgIpc) is 2.65. The van der Waals surface area contributed by atoms with Gasteiger partial charge >= 0.3 is 0 Å². The number of nitrogens with zero attached hydrogens (tertiary/aromatic N) is 2. The second-order valence-electron chi connectivity index (χ2n) is 7.24. The molecule has 3 heterocycles. The van der Waals surface area contributed by atoms with Gasteiger partial charge in [0.05, 0.1) is 0 Å². The number of nitrogens with one attached hydrogen (secondary N) is 1. The summed E-state index contributed by atoms with van der Waals surface area (Å²) in [4.78, 5) is 5.37. The highest BCUT2D eigenvalue weighted by Gasteiger charge is 2.38. The molecular weight excluding hydrogens is 234 g/mol. The largest absolute Gasteiger partial charge is 0.316 e. The Morgan fingerprint density at radius 1 is 1.00 bits per heavy atom. The smallest absolute Gasteiger partial charge is 0.0108 e. The van der Waals surface area contributed by atoms with Crippen molar-refractivity contribution in [2.45, 2.75) is 51.0 Å². The Bertz CT molecular complexity index is 280. The highest BCUT2D eigenvalue weighted by molar-refractivity contribution is 4.93. The zero-order valence-corrected chi connectivity index (χ0v) is 12.7. The van der Waals surface area contributed by atoms with E-state index in [0.29, 0.717) is 5.41 Å². The molecule has 3 nitrogen and oxygen atoms in total.